The molecule has 2 aromatic rings. The van der Waals surface area contributed by atoms with Gasteiger partial charge in [-0.15, -0.1) is 24.0 Å². The second-order valence-electron chi connectivity index (χ2n) is 9.25. The van der Waals surface area contributed by atoms with Gasteiger partial charge in [0.2, 0.25) is 0 Å². The van der Waals surface area contributed by atoms with Crippen LogP contribution in [0.3, 0.4) is 0 Å². The number of hydrogen-bond donors (Lipinski definition) is 2. The van der Waals surface area contributed by atoms with Crippen molar-refractivity contribution < 1.29 is 9.47 Å². The van der Waals surface area contributed by atoms with Crippen LogP contribution >= 0.6 is 24.0 Å². The first kappa shape index (κ1) is 27.2. The molecular weight excluding hydrogens is 531 g/mol. The Balaban J connectivity index is 0.00000385. The molecule has 8 nitrogen and oxygen atoms in total. The van der Waals surface area contributed by atoms with E-state index < -0.39 is 0 Å². The monoisotopic (exact) mass is 570 g/mol. The topological polar surface area (TPSA) is 85.6 Å². The molecule has 1 atom stereocenters. The number of guanidine groups is 1. The second-order valence-corrected chi connectivity index (χ2v) is 9.25. The molecule has 1 unspecified atom stereocenters. The Labute approximate surface area is 215 Å². The first-order valence-electron chi connectivity index (χ1n) is 11.5. The van der Waals surface area contributed by atoms with Gasteiger partial charge in [0, 0.05) is 30.3 Å². The smallest absolute Gasteiger partial charge is 0.191 e. The van der Waals surface area contributed by atoms with Gasteiger partial charge in [-0.3, -0.25) is 4.99 Å². The highest BCUT2D eigenvalue weighted by Crippen LogP contribution is 2.33. The number of methoxy groups -OCH3 is 2. The average molecular weight is 571 g/mol. The molecule has 3 rings (SSSR count). The fourth-order valence-electron chi connectivity index (χ4n) is 3.83. The van der Waals surface area contributed by atoms with E-state index in [9.17, 15) is 0 Å². The number of hydrogen-bond acceptors (Lipinski definition) is 5. The van der Waals surface area contributed by atoms with Gasteiger partial charge < -0.3 is 20.1 Å². The van der Waals surface area contributed by atoms with Gasteiger partial charge in [-0.2, -0.15) is 5.10 Å². The van der Waals surface area contributed by atoms with Crippen LogP contribution in [0.4, 0.5) is 0 Å². The molecule has 9 heteroatoms. The van der Waals surface area contributed by atoms with Crippen LogP contribution in [0.15, 0.2) is 23.2 Å². The highest BCUT2D eigenvalue weighted by atomic mass is 127. The molecule has 0 amide bonds. The standard InChI is InChI=1S/C24H38N6O2.HI/c1-8-25-23(27-18-10-12-21-28-22(16(2)3)29-30(21)14-18)26-15-24(4,5)17-9-11-19(31-6)20(13-17)32-7;/h9,11,13,16,18H,8,10,12,14-15H2,1-7H3,(H2,25,26,27);1H. The van der Waals surface area contributed by atoms with Crippen LogP contribution in [-0.2, 0) is 18.4 Å². The van der Waals surface area contributed by atoms with Gasteiger partial charge >= 0.3 is 0 Å². The molecule has 1 aromatic heterocycles. The van der Waals surface area contributed by atoms with Gasteiger partial charge in [-0.05, 0) is 31.0 Å². The van der Waals surface area contributed by atoms with Crippen LogP contribution < -0.4 is 20.1 Å². The lowest BCUT2D eigenvalue weighted by Crippen LogP contribution is -2.47. The van der Waals surface area contributed by atoms with Crippen molar-refractivity contribution in [2.75, 3.05) is 27.3 Å². The van der Waals surface area contributed by atoms with Gasteiger partial charge in [0.15, 0.2) is 23.3 Å². The molecular formula is C24H39IN6O2. The van der Waals surface area contributed by atoms with Crippen LogP contribution in [0, 0.1) is 0 Å². The number of benzene rings is 1. The molecule has 0 radical (unpaired) electrons. The Bertz CT molecular complexity index is 941. The quantitative estimate of drug-likeness (QED) is 0.285. The van der Waals surface area contributed by atoms with Gasteiger partial charge in [0.25, 0.3) is 0 Å². The Kier molecular flexibility index (Phi) is 9.81. The van der Waals surface area contributed by atoms with E-state index in [0.29, 0.717) is 12.5 Å². The van der Waals surface area contributed by atoms with Crippen molar-refractivity contribution in [3.05, 3.63) is 35.4 Å². The number of nitrogens with one attached hydrogen (secondary N) is 2. The van der Waals surface area contributed by atoms with E-state index >= 15 is 0 Å². The largest absolute Gasteiger partial charge is 0.493 e. The molecule has 1 aliphatic rings. The van der Waals surface area contributed by atoms with Gasteiger partial charge in [0.1, 0.15) is 5.82 Å². The van der Waals surface area contributed by atoms with Crippen molar-refractivity contribution in [3.63, 3.8) is 0 Å². The molecule has 0 bridgehead atoms. The van der Waals surface area contributed by atoms with Crippen molar-refractivity contribution in [3.8, 4) is 11.5 Å². The molecule has 0 saturated heterocycles. The third kappa shape index (κ3) is 6.74. The van der Waals surface area contributed by atoms with Gasteiger partial charge in [-0.1, -0.05) is 33.8 Å². The highest BCUT2D eigenvalue weighted by Gasteiger charge is 2.25. The van der Waals surface area contributed by atoms with Crippen LogP contribution in [-0.4, -0.2) is 54.1 Å². The maximum Gasteiger partial charge on any atom is 0.191 e. The van der Waals surface area contributed by atoms with E-state index in [4.69, 9.17) is 19.6 Å². The number of aromatic nitrogens is 3. The van der Waals surface area contributed by atoms with E-state index in [1.807, 2.05) is 16.8 Å². The molecule has 0 saturated carbocycles. The fraction of sp³-hybridized carbons (Fsp3) is 0.625. The number of aryl methyl sites for hydroxylation is 1. The summed E-state index contributed by atoms with van der Waals surface area (Å²) in [6.07, 6.45) is 1.94. The number of ether oxygens (including phenoxy) is 2. The van der Waals surface area contributed by atoms with Crippen LogP contribution in [0.1, 0.15) is 64.2 Å². The number of halogens is 1. The highest BCUT2D eigenvalue weighted by molar-refractivity contribution is 14.0. The average Bonchev–Trinajstić information content (AvgIpc) is 3.21. The molecule has 0 fully saturated rings. The molecule has 0 aliphatic carbocycles. The molecule has 1 aliphatic heterocycles. The first-order valence-corrected chi connectivity index (χ1v) is 11.5. The van der Waals surface area contributed by atoms with Crippen molar-refractivity contribution >= 4 is 29.9 Å². The molecule has 0 spiro atoms. The maximum atomic E-state index is 5.48. The van der Waals surface area contributed by atoms with Crippen molar-refractivity contribution in [2.24, 2.45) is 4.99 Å². The fourth-order valence-corrected chi connectivity index (χ4v) is 3.83. The number of rotatable bonds is 8. The second kappa shape index (κ2) is 11.9. The zero-order valence-electron chi connectivity index (χ0n) is 20.9. The lowest BCUT2D eigenvalue weighted by molar-refractivity contribution is 0.353. The zero-order chi connectivity index (χ0) is 23.3. The lowest BCUT2D eigenvalue weighted by atomic mass is 9.84. The summed E-state index contributed by atoms with van der Waals surface area (Å²) in [5.41, 5.74) is 0.987. The summed E-state index contributed by atoms with van der Waals surface area (Å²) in [7, 11) is 3.31. The Morgan fingerprint density at radius 3 is 2.61 bits per heavy atom. The third-order valence-electron chi connectivity index (χ3n) is 5.87. The maximum absolute atomic E-state index is 5.48. The lowest BCUT2D eigenvalue weighted by Gasteiger charge is -2.27. The van der Waals surface area contributed by atoms with Crippen molar-refractivity contribution in [2.45, 2.75) is 71.4 Å². The summed E-state index contributed by atoms with van der Waals surface area (Å²) in [5.74, 6) is 4.66. The Morgan fingerprint density at radius 2 is 1.97 bits per heavy atom. The normalized spacial score (nSPS) is 16.1. The SMILES string of the molecule is CCNC(=NCC(C)(C)c1ccc(OC)c(OC)c1)NC1CCc2nc(C(C)C)nn2C1.I. The van der Waals surface area contributed by atoms with Gasteiger partial charge in [0.05, 0.1) is 27.3 Å². The third-order valence-corrected chi connectivity index (χ3v) is 5.87. The molecule has 2 N–H and O–H groups in total. The van der Waals surface area contributed by atoms with E-state index in [0.717, 1.165) is 60.6 Å². The predicted molar refractivity (Wildman–Crippen MR) is 143 cm³/mol. The summed E-state index contributed by atoms with van der Waals surface area (Å²) in [6, 6.07) is 6.34. The summed E-state index contributed by atoms with van der Waals surface area (Å²) >= 11 is 0. The molecule has 184 valence electrons. The summed E-state index contributed by atoms with van der Waals surface area (Å²) in [4.78, 5) is 9.61. The minimum Gasteiger partial charge on any atom is -0.493 e. The minimum absolute atomic E-state index is 0. The van der Waals surface area contributed by atoms with Crippen molar-refractivity contribution in [1.29, 1.82) is 0 Å². The minimum atomic E-state index is -0.167. The zero-order valence-corrected chi connectivity index (χ0v) is 23.3. The number of nitrogens with zero attached hydrogens (tertiary/aromatic N) is 4. The van der Waals surface area contributed by atoms with Crippen LogP contribution in [0.2, 0.25) is 0 Å². The van der Waals surface area contributed by atoms with E-state index in [1.54, 1.807) is 14.2 Å². The number of fused-ring (bicyclic) bond motifs is 1. The van der Waals surface area contributed by atoms with Crippen LogP contribution in [0.5, 0.6) is 11.5 Å². The summed E-state index contributed by atoms with van der Waals surface area (Å²) < 4.78 is 12.9. The Hall–Kier alpha value is -2.04. The van der Waals surface area contributed by atoms with E-state index in [2.05, 4.69) is 56.3 Å². The van der Waals surface area contributed by atoms with E-state index in [1.165, 1.54) is 0 Å². The predicted octanol–water partition coefficient (Wildman–Crippen LogP) is 3.88. The van der Waals surface area contributed by atoms with Crippen molar-refractivity contribution in [1.82, 2.24) is 25.4 Å². The molecule has 33 heavy (non-hydrogen) atoms. The summed E-state index contributed by atoms with van der Waals surface area (Å²) in [5, 5.41) is 11.7. The molecule has 1 aromatic carbocycles. The number of aliphatic imine (C=N–C) groups is 1. The molecule has 2 heterocycles. The van der Waals surface area contributed by atoms with E-state index in [-0.39, 0.29) is 35.4 Å². The van der Waals surface area contributed by atoms with Crippen LogP contribution in [0.25, 0.3) is 0 Å². The van der Waals surface area contributed by atoms with Gasteiger partial charge in [-0.25, -0.2) is 9.67 Å². The first-order chi connectivity index (χ1) is 15.3. The Morgan fingerprint density at radius 1 is 1.24 bits per heavy atom. The summed E-state index contributed by atoms with van der Waals surface area (Å²) in [6.45, 7) is 13.0.